The maximum absolute atomic E-state index is 10.0. The summed E-state index contributed by atoms with van der Waals surface area (Å²) < 4.78 is 31.7. The third kappa shape index (κ3) is 17.3. The van der Waals surface area contributed by atoms with E-state index in [9.17, 15) is 18.1 Å². The molecule has 8 heteroatoms. The van der Waals surface area contributed by atoms with Gasteiger partial charge in [0.05, 0.1) is 20.7 Å². The first kappa shape index (κ1) is 32.2. The zero-order chi connectivity index (χ0) is 25.0. The van der Waals surface area contributed by atoms with Crippen molar-refractivity contribution in [1.82, 2.24) is 0 Å². The molecule has 0 amide bonds. The molecule has 7 nitrogen and oxygen atoms in total. The number of allylic oxidation sites excluding steroid dienone is 2. The summed E-state index contributed by atoms with van der Waals surface area (Å²) in [6.07, 6.45) is 24.4. The molecule has 0 aromatic heterocycles. The number of nitrogens with zero attached hydrogens (tertiary/aromatic N) is 2. The van der Waals surface area contributed by atoms with Crippen molar-refractivity contribution in [3.63, 3.8) is 0 Å². The zero-order valence-corrected chi connectivity index (χ0v) is 22.5. The minimum absolute atomic E-state index is 0.333. The first-order valence-electron chi connectivity index (χ1n) is 12.9. The van der Waals surface area contributed by atoms with E-state index in [1.807, 2.05) is 6.92 Å². The van der Waals surface area contributed by atoms with E-state index < -0.39 is 10.4 Å². The van der Waals surface area contributed by atoms with Gasteiger partial charge in [0.15, 0.2) is 12.1 Å². The van der Waals surface area contributed by atoms with Crippen LogP contribution in [0.15, 0.2) is 17.1 Å². The normalized spacial score (nSPS) is 19.4. The van der Waals surface area contributed by atoms with E-state index in [0.29, 0.717) is 4.48 Å². The van der Waals surface area contributed by atoms with E-state index in [1.54, 1.807) is 0 Å². The van der Waals surface area contributed by atoms with Crippen LogP contribution >= 0.6 is 0 Å². The van der Waals surface area contributed by atoms with Gasteiger partial charge in [-0.25, -0.2) is 13.4 Å². The second kappa shape index (κ2) is 19.5. The van der Waals surface area contributed by atoms with Crippen LogP contribution in [0.1, 0.15) is 110 Å². The average molecular weight is 491 g/mol. The fourth-order valence-electron chi connectivity index (χ4n) is 3.94. The van der Waals surface area contributed by atoms with Crippen LogP contribution in [0, 0.1) is 0 Å². The molecule has 1 rings (SSSR count). The number of quaternary nitrogens is 1. The van der Waals surface area contributed by atoms with E-state index in [-0.39, 0.29) is 6.23 Å². The van der Waals surface area contributed by atoms with E-state index in [4.69, 9.17) is 0 Å². The molecule has 0 aliphatic carbocycles. The molecule has 196 valence electrons. The van der Waals surface area contributed by atoms with E-state index in [2.05, 4.69) is 35.3 Å². The summed E-state index contributed by atoms with van der Waals surface area (Å²) in [5, 5.41) is 10.0. The second-order valence-electron chi connectivity index (χ2n) is 9.18. The number of amidine groups is 1. The van der Waals surface area contributed by atoms with Crippen LogP contribution < -0.4 is 0 Å². The molecule has 2 atom stereocenters. The first-order chi connectivity index (χ1) is 15.7. The molecule has 0 spiro atoms. The molecule has 33 heavy (non-hydrogen) atoms. The molecular weight excluding hydrogens is 440 g/mol. The van der Waals surface area contributed by atoms with Crippen molar-refractivity contribution in [3.8, 4) is 0 Å². The van der Waals surface area contributed by atoms with Crippen LogP contribution in [0.5, 0.6) is 0 Å². The predicted octanol–water partition coefficient (Wildman–Crippen LogP) is 5.70. The molecule has 0 aromatic rings. The summed E-state index contributed by atoms with van der Waals surface area (Å²) in [6, 6.07) is 0. The van der Waals surface area contributed by atoms with Gasteiger partial charge >= 0.3 is 0 Å². The summed E-state index contributed by atoms with van der Waals surface area (Å²) in [5.41, 5.74) is 0. The summed E-state index contributed by atoms with van der Waals surface area (Å²) in [6.45, 7) is 6.01. The molecule has 0 bridgehead atoms. The number of rotatable bonds is 18. The molecule has 1 aliphatic rings. The molecule has 0 aromatic carbocycles. The topological polar surface area (TPSA) is 99.0 Å². The Labute approximate surface area is 203 Å². The Balaban J connectivity index is 0.00000150. The maximum Gasteiger partial charge on any atom is 0.217 e. The highest BCUT2D eigenvalue weighted by molar-refractivity contribution is 7.80. The van der Waals surface area contributed by atoms with Crippen molar-refractivity contribution in [2.75, 3.05) is 27.2 Å². The lowest BCUT2D eigenvalue weighted by Gasteiger charge is -2.32. The molecule has 1 heterocycles. The van der Waals surface area contributed by atoms with E-state index in [1.165, 1.54) is 95.7 Å². The Hall–Kier alpha value is -0.800. The van der Waals surface area contributed by atoms with Gasteiger partial charge in [0.1, 0.15) is 6.54 Å². The number of hydrogen-bond acceptors (Lipinski definition) is 6. The summed E-state index contributed by atoms with van der Waals surface area (Å²) in [4.78, 5) is 4.64. The number of aliphatic imine (C=N–C) groups is 1. The number of aliphatic hydroxyl groups is 1. The minimum atomic E-state index is -4.41. The molecule has 0 saturated heterocycles. The number of aliphatic hydroxyl groups excluding tert-OH is 1. The lowest BCUT2D eigenvalue weighted by Crippen LogP contribution is -2.53. The summed E-state index contributed by atoms with van der Waals surface area (Å²) in [5.74, 6) is 1.21. The Bertz CT molecular complexity index is 635. The Morgan fingerprint density at radius 1 is 1.00 bits per heavy atom. The van der Waals surface area contributed by atoms with Gasteiger partial charge < -0.3 is 9.66 Å². The Kier molecular flexibility index (Phi) is 19.0. The van der Waals surface area contributed by atoms with Gasteiger partial charge in [-0.05, 0) is 32.1 Å². The van der Waals surface area contributed by atoms with Gasteiger partial charge in [-0.15, -0.1) is 0 Å². The largest absolute Gasteiger partial charge is 0.726 e. The van der Waals surface area contributed by atoms with Crippen LogP contribution in [-0.2, 0) is 14.6 Å². The quantitative estimate of drug-likeness (QED) is 0.0873. The number of unbranched alkanes of at least 4 members (excludes halogenated alkanes) is 12. The molecule has 0 fully saturated rings. The lowest BCUT2D eigenvalue weighted by molar-refractivity contribution is -0.865. The lowest BCUT2D eigenvalue weighted by atomic mass is 10.1. The van der Waals surface area contributed by atoms with Crippen LogP contribution in [0.4, 0.5) is 0 Å². The Morgan fingerprint density at radius 2 is 1.45 bits per heavy atom. The first-order valence-corrected chi connectivity index (χ1v) is 14.2. The second-order valence-corrected chi connectivity index (χ2v) is 10.3. The van der Waals surface area contributed by atoms with Crippen molar-refractivity contribution >= 4 is 16.2 Å². The third-order valence-corrected chi connectivity index (χ3v) is 6.80. The van der Waals surface area contributed by atoms with Gasteiger partial charge in [0.25, 0.3) is 0 Å². The molecule has 2 unspecified atom stereocenters. The monoisotopic (exact) mass is 490 g/mol. The molecular formula is C25H50N2O5S. The van der Waals surface area contributed by atoms with Crippen LogP contribution in [0.3, 0.4) is 0 Å². The fraction of sp³-hybridized carbons (Fsp3) is 0.880. The smallest absolute Gasteiger partial charge is 0.217 e. The molecule has 1 N–H and O–H groups in total. The maximum atomic E-state index is 10.0. The molecule has 0 radical (unpaired) electrons. The predicted molar refractivity (Wildman–Crippen MR) is 136 cm³/mol. The number of likely N-dealkylation sites (N-methyl/N-ethyl adjacent to an activating group) is 1. The highest BCUT2D eigenvalue weighted by atomic mass is 32.3. The summed E-state index contributed by atoms with van der Waals surface area (Å²) in [7, 11) is -1.48. The van der Waals surface area contributed by atoms with Crippen molar-refractivity contribution in [2.45, 2.75) is 116 Å². The van der Waals surface area contributed by atoms with Gasteiger partial charge in [-0.2, -0.15) is 0 Å². The van der Waals surface area contributed by atoms with Gasteiger partial charge in [-0.1, -0.05) is 76.9 Å². The van der Waals surface area contributed by atoms with Crippen LogP contribution in [0.25, 0.3) is 0 Å². The zero-order valence-electron chi connectivity index (χ0n) is 21.6. The van der Waals surface area contributed by atoms with E-state index >= 15 is 0 Å². The Morgan fingerprint density at radius 3 is 1.91 bits per heavy atom. The highest BCUT2D eigenvalue weighted by Crippen LogP contribution is 2.20. The fourth-order valence-corrected chi connectivity index (χ4v) is 3.94. The number of hydrogen-bond donors (Lipinski definition) is 1. The standard InChI is InChI=1S/C24H47N2O.CH4O4S/c1-4-5-6-7-8-9-10-11-12-13-14-15-16-17-18-19-20-24-25-21-22-26(24,3)23(2)27;1-5-6(2,3)4/h11-12,23,27H,4-10,13-22H2,1-3H3;1H3,(H,2,3,4)/q+1;/p-1/b12-11-;. The molecule has 0 saturated carbocycles. The minimum Gasteiger partial charge on any atom is -0.726 e. The van der Waals surface area contributed by atoms with Gasteiger partial charge in [0, 0.05) is 13.3 Å². The van der Waals surface area contributed by atoms with Gasteiger partial charge in [0.2, 0.25) is 10.4 Å². The third-order valence-electron chi connectivity index (χ3n) is 6.39. The van der Waals surface area contributed by atoms with Crippen molar-refractivity contribution < 1.29 is 26.7 Å². The SMILES string of the molecule is CCCCCCCC/C=C\CCCCCCCCC1=NCC[N+]1(C)C(C)O.COS(=O)(=O)[O-]. The highest BCUT2D eigenvalue weighted by Gasteiger charge is 2.37. The van der Waals surface area contributed by atoms with Crippen molar-refractivity contribution in [3.05, 3.63) is 12.2 Å². The van der Waals surface area contributed by atoms with Crippen molar-refractivity contribution in [2.24, 2.45) is 4.99 Å². The van der Waals surface area contributed by atoms with Crippen LogP contribution in [0.2, 0.25) is 0 Å². The average Bonchev–Trinajstić information content (AvgIpc) is 3.15. The molecule has 1 aliphatic heterocycles. The van der Waals surface area contributed by atoms with Crippen molar-refractivity contribution in [1.29, 1.82) is 0 Å². The van der Waals surface area contributed by atoms with E-state index in [0.717, 1.165) is 26.6 Å². The van der Waals surface area contributed by atoms with Crippen LogP contribution in [-0.4, -0.2) is 61.9 Å². The summed E-state index contributed by atoms with van der Waals surface area (Å²) >= 11 is 0. The van der Waals surface area contributed by atoms with Gasteiger partial charge in [-0.3, -0.25) is 8.67 Å².